The molecule has 6 nitrogen and oxygen atoms in total. The van der Waals surface area contributed by atoms with Gasteiger partial charge in [0, 0.05) is 23.6 Å². The first-order valence-electron chi connectivity index (χ1n) is 11.4. The molecule has 2 aliphatic rings. The van der Waals surface area contributed by atoms with Crippen LogP contribution in [0.4, 0.5) is 10.5 Å². The molecule has 2 aromatic carbocycles. The molecule has 0 aliphatic carbocycles. The predicted molar refractivity (Wildman–Crippen MR) is 123 cm³/mol. The normalized spacial score (nSPS) is 20.6. The van der Waals surface area contributed by atoms with E-state index in [-0.39, 0.29) is 12.0 Å². The Balaban J connectivity index is 1.71. The highest BCUT2D eigenvalue weighted by molar-refractivity contribution is 5.94. The number of fused-ring (bicyclic) bond motifs is 3. The largest absolute Gasteiger partial charge is 0.465 e. The summed E-state index contributed by atoms with van der Waals surface area (Å²) in [5.41, 5.74) is 5.25. The summed E-state index contributed by atoms with van der Waals surface area (Å²) in [5.74, 6) is 1.25. The Morgan fingerprint density at radius 3 is 2.58 bits per heavy atom. The molecule has 2 atom stereocenters. The number of aromatic nitrogens is 2. The number of carboxylic acid groups (broad SMARTS) is 1. The van der Waals surface area contributed by atoms with Crippen molar-refractivity contribution >= 4 is 22.8 Å². The Kier molecular flexibility index (Phi) is 5.18. The minimum Gasteiger partial charge on any atom is -0.465 e. The topological polar surface area (TPSA) is 70.4 Å². The van der Waals surface area contributed by atoms with Crippen LogP contribution in [0.2, 0.25) is 0 Å². The Morgan fingerprint density at radius 1 is 1.13 bits per heavy atom. The number of hydrogen-bond acceptors (Lipinski definition) is 3. The summed E-state index contributed by atoms with van der Waals surface area (Å²) in [4.78, 5) is 18.7. The lowest BCUT2D eigenvalue weighted by Gasteiger charge is -2.33. The third-order valence-corrected chi connectivity index (χ3v) is 7.05. The van der Waals surface area contributed by atoms with Crippen molar-refractivity contribution in [1.82, 2.24) is 14.9 Å². The summed E-state index contributed by atoms with van der Waals surface area (Å²) in [6.45, 7) is 6.24. The Hall–Kier alpha value is -2.86. The zero-order valence-electron chi connectivity index (χ0n) is 18.2. The van der Waals surface area contributed by atoms with E-state index in [4.69, 9.17) is 4.98 Å². The maximum absolute atomic E-state index is 12.0. The number of anilines is 1. The molecule has 2 N–H and O–H groups in total. The number of rotatable bonds is 3. The number of carbonyl (C=O) groups is 1. The van der Waals surface area contributed by atoms with Gasteiger partial charge < -0.3 is 15.0 Å². The molecule has 5 rings (SSSR count). The number of nitrogens with zero attached hydrogens (tertiary/aromatic N) is 3. The van der Waals surface area contributed by atoms with Gasteiger partial charge >= 0.3 is 6.09 Å². The van der Waals surface area contributed by atoms with Crippen molar-refractivity contribution in [2.75, 3.05) is 18.0 Å². The number of aryl methyl sites for hydroxylation is 1. The minimum absolute atomic E-state index is 0.0170. The third-order valence-electron chi connectivity index (χ3n) is 7.05. The SMILES string of the molecule is CC1CCc2c(ccc3c2nc([C@H](C)c2ccccc2)n3C2CCNCC2)N1C(=O)O. The fourth-order valence-electron chi connectivity index (χ4n) is 5.35. The van der Waals surface area contributed by atoms with E-state index >= 15 is 0 Å². The first-order chi connectivity index (χ1) is 15.1. The van der Waals surface area contributed by atoms with Crippen LogP contribution < -0.4 is 10.2 Å². The van der Waals surface area contributed by atoms with Crippen LogP contribution in [0.15, 0.2) is 42.5 Å². The van der Waals surface area contributed by atoms with Gasteiger partial charge in [-0.2, -0.15) is 0 Å². The molecular formula is C25H30N4O2. The summed E-state index contributed by atoms with van der Waals surface area (Å²) in [6.07, 6.45) is 2.95. The van der Waals surface area contributed by atoms with E-state index < -0.39 is 6.09 Å². The van der Waals surface area contributed by atoms with Crippen molar-refractivity contribution in [1.29, 1.82) is 0 Å². The molecule has 0 radical (unpaired) electrons. The first-order valence-corrected chi connectivity index (χ1v) is 11.4. The van der Waals surface area contributed by atoms with Crippen molar-refractivity contribution in [3.8, 4) is 0 Å². The van der Waals surface area contributed by atoms with Crippen LogP contribution in [-0.4, -0.2) is 39.9 Å². The molecule has 1 aromatic heterocycles. The lowest BCUT2D eigenvalue weighted by atomic mass is 9.95. The van der Waals surface area contributed by atoms with Crippen LogP contribution in [0.5, 0.6) is 0 Å². The van der Waals surface area contributed by atoms with Gasteiger partial charge in [-0.25, -0.2) is 9.78 Å². The van der Waals surface area contributed by atoms with Crippen LogP contribution in [-0.2, 0) is 6.42 Å². The van der Waals surface area contributed by atoms with Gasteiger partial charge in [0.2, 0.25) is 0 Å². The molecule has 0 spiro atoms. The van der Waals surface area contributed by atoms with Gasteiger partial charge in [-0.05, 0) is 63.4 Å². The van der Waals surface area contributed by atoms with Crippen molar-refractivity contribution in [2.45, 2.75) is 57.5 Å². The van der Waals surface area contributed by atoms with E-state index in [1.807, 2.05) is 19.1 Å². The highest BCUT2D eigenvalue weighted by atomic mass is 16.4. The number of amides is 1. The maximum atomic E-state index is 12.0. The van der Waals surface area contributed by atoms with Crippen LogP contribution in [0.3, 0.4) is 0 Å². The van der Waals surface area contributed by atoms with E-state index in [2.05, 4.69) is 47.1 Å². The highest BCUT2D eigenvalue weighted by Gasteiger charge is 2.32. The molecule has 0 saturated carbocycles. The van der Waals surface area contributed by atoms with Crippen LogP contribution in [0, 0.1) is 0 Å². The number of nitrogens with one attached hydrogen (secondary N) is 1. The number of hydrogen-bond donors (Lipinski definition) is 2. The van der Waals surface area contributed by atoms with Gasteiger partial charge in [0.1, 0.15) is 5.82 Å². The molecule has 1 saturated heterocycles. The van der Waals surface area contributed by atoms with Crippen LogP contribution in [0.25, 0.3) is 11.0 Å². The highest BCUT2D eigenvalue weighted by Crippen LogP contribution is 2.40. The van der Waals surface area contributed by atoms with Crippen molar-refractivity contribution in [3.05, 3.63) is 59.4 Å². The summed E-state index contributed by atoms with van der Waals surface area (Å²) in [5, 5.41) is 13.3. The van der Waals surface area contributed by atoms with E-state index in [1.165, 1.54) is 10.5 Å². The smallest absolute Gasteiger partial charge is 0.412 e. The molecule has 162 valence electrons. The molecule has 1 fully saturated rings. The van der Waals surface area contributed by atoms with Gasteiger partial charge in [0.15, 0.2) is 0 Å². The Labute approximate surface area is 182 Å². The maximum Gasteiger partial charge on any atom is 0.412 e. The fourth-order valence-corrected chi connectivity index (χ4v) is 5.35. The summed E-state index contributed by atoms with van der Waals surface area (Å²) >= 11 is 0. The van der Waals surface area contributed by atoms with Gasteiger partial charge in [-0.15, -0.1) is 0 Å². The van der Waals surface area contributed by atoms with E-state index in [9.17, 15) is 9.90 Å². The molecule has 0 bridgehead atoms. The average Bonchev–Trinajstić information content (AvgIpc) is 3.19. The number of benzene rings is 2. The van der Waals surface area contributed by atoms with Crippen LogP contribution >= 0.6 is 0 Å². The molecule has 1 amide bonds. The number of piperidine rings is 1. The Morgan fingerprint density at radius 2 is 1.87 bits per heavy atom. The predicted octanol–water partition coefficient (Wildman–Crippen LogP) is 4.93. The van der Waals surface area contributed by atoms with Gasteiger partial charge in [-0.3, -0.25) is 4.90 Å². The van der Waals surface area contributed by atoms with Gasteiger partial charge in [0.25, 0.3) is 0 Å². The molecule has 3 aromatic rings. The van der Waals surface area contributed by atoms with Crippen LogP contribution in [0.1, 0.15) is 62.0 Å². The van der Waals surface area contributed by atoms with Crippen molar-refractivity contribution in [2.24, 2.45) is 0 Å². The lowest BCUT2D eigenvalue weighted by molar-refractivity contribution is 0.198. The zero-order valence-corrected chi connectivity index (χ0v) is 18.2. The summed E-state index contributed by atoms with van der Waals surface area (Å²) in [7, 11) is 0. The first kappa shape index (κ1) is 20.1. The summed E-state index contributed by atoms with van der Waals surface area (Å²) in [6, 6.07) is 15.0. The molecule has 1 unspecified atom stereocenters. The van der Waals surface area contributed by atoms with E-state index in [0.717, 1.165) is 66.9 Å². The second-order valence-corrected chi connectivity index (χ2v) is 8.92. The minimum atomic E-state index is -0.886. The number of imidazole rings is 1. The standard InChI is InChI=1S/C25H30N4O2/c1-16-8-9-20-21(28(16)25(30)31)10-11-22-23(20)27-24(17(2)18-6-4-3-5-7-18)29(22)19-12-14-26-15-13-19/h3-7,10-11,16-17,19,26H,8-9,12-15H2,1-2H3,(H,30,31)/t16?,17-/m1/s1. The third kappa shape index (κ3) is 3.39. The monoisotopic (exact) mass is 418 g/mol. The molecule has 3 heterocycles. The van der Waals surface area contributed by atoms with E-state index in [1.54, 1.807) is 0 Å². The summed E-state index contributed by atoms with van der Waals surface area (Å²) < 4.78 is 2.46. The lowest BCUT2D eigenvalue weighted by Crippen LogP contribution is -2.41. The van der Waals surface area contributed by atoms with Gasteiger partial charge in [-0.1, -0.05) is 37.3 Å². The fraction of sp³-hybridized carbons (Fsp3) is 0.440. The van der Waals surface area contributed by atoms with E-state index in [0.29, 0.717) is 6.04 Å². The quantitative estimate of drug-likeness (QED) is 0.633. The Bertz CT molecular complexity index is 1100. The zero-order chi connectivity index (χ0) is 21.5. The molecule has 6 heteroatoms. The van der Waals surface area contributed by atoms with Crippen molar-refractivity contribution < 1.29 is 9.90 Å². The molecular weight excluding hydrogens is 388 g/mol. The molecule has 2 aliphatic heterocycles. The molecule has 31 heavy (non-hydrogen) atoms. The second-order valence-electron chi connectivity index (χ2n) is 8.92. The van der Waals surface area contributed by atoms with Gasteiger partial charge in [0.05, 0.1) is 16.7 Å². The average molecular weight is 419 g/mol. The van der Waals surface area contributed by atoms with Crippen molar-refractivity contribution in [3.63, 3.8) is 0 Å². The second kappa shape index (κ2) is 8.00.